The lowest BCUT2D eigenvalue weighted by atomic mass is 10.2. The number of hydrogen-bond acceptors (Lipinski definition) is 5. The van der Waals surface area contributed by atoms with E-state index in [9.17, 15) is 4.79 Å². The van der Waals surface area contributed by atoms with E-state index in [0.717, 1.165) is 15.2 Å². The fraction of sp³-hybridized carbons (Fsp3) is 0.111. The van der Waals surface area contributed by atoms with E-state index in [-0.39, 0.29) is 5.91 Å². The second-order valence-electron chi connectivity index (χ2n) is 5.20. The van der Waals surface area contributed by atoms with Crippen molar-refractivity contribution in [3.8, 4) is 11.5 Å². The van der Waals surface area contributed by atoms with Crippen LogP contribution in [0.4, 0.5) is 5.69 Å². The molecule has 2 heterocycles. The summed E-state index contributed by atoms with van der Waals surface area (Å²) in [5.74, 6) is 1.13. The molecule has 4 rings (SSSR count). The summed E-state index contributed by atoms with van der Waals surface area (Å²) in [6.45, 7) is 1.06. The minimum absolute atomic E-state index is 0.217. The minimum atomic E-state index is -0.217. The number of amides is 1. The van der Waals surface area contributed by atoms with Crippen LogP contribution in [0.25, 0.3) is 16.3 Å². The summed E-state index contributed by atoms with van der Waals surface area (Å²) in [4.78, 5) is 16.5. The molecule has 5 nitrogen and oxygen atoms in total. The molecule has 3 aromatic rings. The van der Waals surface area contributed by atoms with Crippen LogP contribution in [0.1, 0.15) is 5.01 Å². The summed E-state index contributed by atoms with van der Waals surface area (Å²) in [6, 6.07) is 13.2. The van der Waals surface area contributed by atoms with Gasteiger partial charge in [-0.05, 0) is 30.3 Å². The predicted molar refractivity (Wildman–Crippen MR) is 94.7 cm³/mol. The fourth-order valence-corrected chi connectivity index (χ4v) is 3.28. The van der Waals surface area contributed by atoms with Gasteiger partial charge in [-0.25, -0.2) is 4.98 Å². The van der Waals surface area contributed by atoms with E-state index in [2.05, 4.69) is 10.3 Å². The number of aromatic nitrogens is 1. The van der Waals surface area contributed by atoms with Gasteiger partial charge in [0, 0.05) is 17.8 Å². The maximum atomic E-state index is 12.1. The van der Waals surface area contributed by atoms with Crippen molar-refractivity contribution >= 4 is 39.2 Å². The van der Waals surface area contributed by atoms with Gasteiger partial charge in [0.1, 0.15) is 18.2 Å². The Morgan fingerprint density at radius 3 is 2.83 bits per heavy atom. The molecule has 0 atom stereocenters. The molecule has 120 valence electrons. The Bertz CT molecular complexity index is 900. The normalized spacial score (nSPS) is 13.3. The zero-order chi connectivity index (χ0) is 16.4. The molecule has 1 aromatic heterocycles. The van der Waals surface area contributed by atoms with Crippen LogP contribution >= 0.6 is 11.3 Å². The highest BCUT2D eigenvalue weighted by atomic mass is 32.1. The molecule has 1 aliphatic rings. The summed E-state index contributed by atoms with van der Waals surface area (Å²) in [5.41, 5.74) is 1.60. The molecule has 6 heteroatoms. The molecule has 1 amide bonds. The van der Waals surface area contributed by atoms with E-state index in [4.69, 9.17) is 9.47 Å². The summed E-state index contributed by atoms with van der Waals surface area (Å²) < 4.78 is 12.1. The fourth-order valence-electron chi connectivity index (χ4n) is 2.41. The smallest absolute Gasteiger partial charge is 0.248 e. The Morgan fingerprint density at radius 1 is 1.12 bits per heavy atom. The van der Waals surface area contributed by atoms with Crippen molar-refractivity contribution in [1.29, 1.82) is 0 Å². The van der Waals surface area contributed by atoms with Gasteiger partial charge in [0.05, 0.1) is 10.2 Å². The molecule has 0 saturated heterocycles. The Morgan fingerprint density at radius 2 is 1.96 bits per heavy atom. The van der Waals surface area contributed by atoms with Crippen LogP contribution in [-0.2, 0) is 4.79 Å². The first-order valence-corrected chi connectivity index (χ1v) is 8.34. The molecule has 0 radical (unpaired) electrons. The molecular formula is C18H14N2O3S. The topological polar surface area (TPSA) is 60.5 Å². The van der Waals surface area contributed by atoms with E-state index < -0.39 is 0 Å². The number of carbonyl (C=O) groups is 1. The Hall–Kier alpha value is -2.86. The Balaban J connectivity index is 1.46. The third-order valence-electron chi connectivity index (χ3n) is 3.50. The van der Waals surface area contributed by atoms with Gasteiger partial charge < -0.3 is 14.8 Å². The number of carbonyl (C=O) groups excluding carboxylic acids is 1. The lowest BCUT2D eigenvalue weighted by Gasteiger charge is -2.18. The van der Waals surface area contributed by atoms with Crippen LogP contribution in [0.3, 0.4) is 0 Å². The van der Waals surface area contributed by atoms with E-state index in [0.29, 0.717) is 30.4 Å². The maximum absolute atomic E-state index is 12.1. The SMILES string of the molecule is O=C(/C=C/c1nc2ccccc2s1)Nc1ccc2c(c1)OCCO2. The lowest BCUT2D eigenvalue weighted by molar-refractivity contribution is -0.111. The van der Waals surface area contributed by atoms with Gasteiger partial charge in [0.15, 0.2) is 11.5 Å². The zero-order valence-corrected chi connectivity index (χ0v) is 13.5. The number of benzene rings is 2. The van der Waals surface area contributed by atoms with Crippen molar-refractivity contribution < 1.29 is 14.3 Å². The van der Waals surface area contributed by atoms with E-state index in [1.165, 1.54) is 6.08 Å². The second kappa shape index (κ2) is 6.33. The molecule has 1 aliphatic heterocycles. The summed E-state index contributed by atoms with van der Waals surface area (Å²) in [7, 11) is 0. The molecule has 1 N–H and O–H groups in total. The number of ether oxygens (including phenoxy) is 2. The summed E-state index contributed by atoms with van der Waals surface area (Å²) in [6.07, 6.45) is 3.20. The van der Waals surface area contributed by atoms with Gasteiger partial charge in [-0.1, -0.05) is 12.1 Å². The largest absolute Gasteiger partial charge is 0.486 e. The molecule has 0 unspecified atom stereocenters. The minimum Gasteiger partial charge on any atom is -0.486 e. The van der Waals surface area contributed by atoms with Crippen LogP contribution < -0.4 is 14.8 Å². The van der Waals surface area contributed by atoms with Gasteiger partial charge in [0.25, 0.3) is 0 Å². The van der Waals surface area contributed by atoms with Crippen LogP contribution in [-0.4, -0.2) is 24.1 Å². The number of fused-ring (bicyclic) bond motifs is 2. The van der Waals surface area contributed by atoms with Crippen molar-refractivity contribution in [2.24, 2.45) is 0 Å². The molecule has 0 aliphatic carbocycles. The monoisotopic (exact) mass is 338 g/mol. The average molecular weight is 338 g/mol. The number of anilines is 1. The molecule has 2 aromatic carbocycles. The standard InChI is InChI=1S/C18H14N2O3S/c21-17(7-8-18-20-13-3-1-2-4-16(13)24-18)19-12-5-6-14-15(11-12)23-10-9-22-14/h1-8,11H,9-10H2,(H,19,21)/b8-7+. The number of hydrogen-bond donors (Lipinski definition) is 1. The van der Waals surface area contributed by atoms with Crippen LogP contribution in [0.5, 0.6) is 11.5 Å². The molecule has 0 saturated carbocycles. The second-order valence-corrected chi connectivity index (χ2v) is 6.26. The van der Waals surface area contributed by atoms with Crippen LogP contribution in [0.2, 0.25) is 0 Å². The van der Waals surface area contributed by atoms with Crippen molar-refractivity contribution in [2.45, 2.75) is 0 Å². The number of nitrogens with zero attached hydrogens (tertiary/aromatic N) is 1. The van der Waals surface area contributed by atoms with Gasteiger partial charge in [-0.3, -0.25) is 4.79 Å². The first kappa shape index (κ1) is 14.7. The molecule has 0 bridgehead atoms. The first-order valence-electron chi connectivity index (χ1n) is 7.52. The summed E-state index contributed by atoms with van der Waals surface area (Å²) in [5, 5.41) is 3.61. The average Bonchev–Trinajstić information content (AvgIpc) is 3.03. The molecule has 0 fully saturated rings. The predicted octanol–water partition coefficient (Wildman–Crippen LogP) is 3.72. The number of para-hydroxylation sites is 1. The zero-order valence-electron chi connectivity index (χ0n) is 12.7. The molecular weight excluding hydrogens is 324 g/mol. The van der Waals surface area contributed by atoms with Gasteiger partial charge in [0.2, 0.25) is 5.91 Å². The highest BCUT2D eigenvalue weighted by Gasteiger charge is 2.12. The number of rotatable bonds is 3. The van der Waals surface area contributed by atoms with Crippen molar-refractivity contribution in [1.82, 2.24) is 4.98 Å². The third kappa shape index (κ3) is 3.09. The highest BCUT2D eigenvalue weighted by Crippen LogP contribution is 2.32. The van der Waals surface area contributed by atoms with Crippen molar-refractivity contribution in [2.75, 3.05) is 18.5 Å². The van der Waals surface area contributed by atoms with Crippen molar-refractivity contribution in [3.05, 3.63) is 53.5 Å². The quantitative estimate of drug-likeness (QED) is 0.740. The Kier molecular flexibility index (Phi) is 3.88. The molecule has 0 spiro atoms. The van der Waals surface area contributed by atoms with Gasteiger partial charge in [-0.15, -0.1) is 11.3 Å². The highest BCUT2D eigenvalue weighted by molar-refractivity contribution is 7.19. The third-order valence-corrected chi connectivity index (χ3v) is 4.50. The van der Waals surface area contributed by atoms with E-state index >= 15 is 0 Å². The Labute approximate surface area is 142 Å². The number of thiazole rings is 1. The van der Waals surface area contributed by atoms with E-state index in [1.54, 1.807) is 35.6 Å². The van der Waals surface area contributed by atoms with Crippen LogP contribution in [0.15, 0.2) is 48.5 Å². The van der Waals surface area contributed by atoms with E-state index in [1.807, 2.05) is 24.3 Å². The maximum Gasteiger partial charge on any atom is 0.248 e. The summed E-state index contributed by atoms with van der Waals surface area (Å²) >= 11 is 1.55. The first-order chi connectivity index (χ1) is 11.8. The van der Waals surface area contributed by atoms with Crippen molar-refractivity contribution in [3.63, 3.8) is 0 Å². The lowest BCUT2D eigenvalue weighted by Crippen LogP contribution is -2.16. The van der Waals surface area contributed by atoms with Crippen LogP contribution in [0, 0.1) is 0 Å². The number of nitrogens with one attached hydrogen (secondary N) is 1. The van der Waals surface area contributed by atoms with Gasteiger partial charge >= 0.3 is 0 Å². The molecule has 24 heavy (non-hydrogen) atoms. The van der Waals surface area contributed by atoms with Gasteiger partial charge in [-0.2, -0.15) is 0 Å².